The minimum absolute atomic E-state index is 0.980. The molecule has 0 amide bonds. The zero-order chi connectivity index (χ0) is 16.6. The smallest absolute Gasteiger partial charge is 0.0950 e. The maximum absolute atomic E-state index is 5.02. The van der Waals surface area contributed by atoms with Gasteiger partial charge in [0.1, 0.15) is 0 Å². The van der Waals surface area contributed by atoms with Gasteiger partial charge in [0, 0.05) is 22.7 Å². The molecule has 2 heteroatoms. The Morgan fingerprint density at radius 3 is 2.00 bits per heavy atom. The van der Waals surface area contributed by atoms with Crippen LogP contribution in [0.2, 0.25) is 0 Å². The van der Waals surface area contributed by atoms with Crippen LogP contribution in [0.5, 0.6) is 0 Å². The summed E-state index contributed by atoms with van der Waals surface area (Å²) in [6.07, 6.45) is 2.14. The number of fused-ring (bicyclic) bond motifs is 3. The van der Waals surface area contributed by atoms with Crippen LogP contribution in [-0.2, 0) is 0 Å². The summed E-state index contributed by atoms with van der Waals surface area (Å²) in [6, 6.07) is 31.4. The monoisotopic (exact) mass is 320 g/mol. The summed E-state index contributed by atoms with van der Waals surface area (Å²) in [5.41, 5.74) is 6.58. The summed E-state index contributed by atoms with van der Waals surface area (Å²) < 4.78 is 2.26. The SMILES string of the molecule is c1ccc(-c2cn3c(cc4ccccc43)c(-c3ccccc3)n2)cc1. The molecule has 0 aliphatic rings. The maximum atomic E-state index is 5.02. The number of rotatable bonds is 2. The molecule has 2 heterocycles. The number of hydrogen-bond acceptors (Lipinski definition) is 1. The normalized spacial score (nSPS) is 11.2. The molecule has 5 aromatic rings. The van der Waals surface area contributed by atoms with Crippen LogP contribution in [-0.4, -0.2) is 9.38 Å². The van der Waals surface area contributed by atoms with Gasteiger partial charge in [-0.3, -0.25) is 0 Å². The molecule has 0 N–H and O–H groups in total. The first kappa shape index (κ1) is 14.0. The lowest BCUT2D eigenvalue weighted by atomic mass is 10.1. The van der Waals surface area contributed by atoms with Crippen molar-refractivity contribution in [2.75, 3.05) is 0 Å². The van der Waals surface area contributed by atoms with E-state index in [4.69, 9.17) is 4.98 Å². The topological polar surface area (TPSA) is 17.3 Å². The Balaban J connectivity index is 1.90. The van der Waals surface area contributed by atoms with Gasteiger partial charge >= 0.3 is 0 Å². The van der Waals surface area contributed by atoms with E-state index >= 15 is 0 Å². The first-order chi connectivity index (χ1) is 12.4. The summed E-state index contributed by atoms with van der Waals surface area (Å²) in [7, 11) is 0. The number of aromatic nitrogens is 2. The molecule has 0 atom stereocenters. The van der Waals surface area contributed by atoms with Gasteiger partial charge in [-0.15, -0.1) is 0 Å². The lowest BCUT2D eigenvalue weighted by Crippen LogP contribution is -1.95. The second-order valence-corrected chi connectivity index (χ2v) is 6.17. The van der Waals surface area contributed by atoms with Gasteiger partial charge in [0.05, 0.1) is 22.4 Å². The molecule has 0 unspecified atom stereocenters. The summed E-state index contributed by atoms with van der Waals surface area (Å²) >= 11 is 0. The van der Waals surface area contributed by atoms with E-state index in [1.165, 1.54) is 10.9 Å². The number of nitrogens with zero attached hydrogens (tertiary/aromatic N) is 2. The van der Waals surface area contributed by atoms with Gasteiger partial charge < -0.3 is 4.40 Å². The zero-order valence-electron chi connectivity index (χ0n) is 13.6. The van der Waals surface area contributed by atoms with E-state index < -0.39 is 0 Å². The fraction of sp³-hybridized carbons (Fsp3) is 0. The van der Waals surface area contributed by atoms with Crippen LogP contribution >= 0.6 is 0 Å². The van der Waals surface area contributed by atoms with E-state index in [9.17, 15) is 0 Å². The van der Waals surface area contributed by atoms with Crippen molar-refractivity contribution in [3.8, 4) is 22.5 Å². The van der Waals surface area contributed by atoms with Crippen LogP contribution in [0.15, 0.2) is 97.2 Å². The Hall–Kier alpha value is -3.39. The van der Waals surface area contributed by atoms with E-state index in [1.807, 2.05) is 12.1 Å². The third-order valence-electron chi connectivity index (χ3n) is 4.59. The summed E-state index contributed by atoms with van der Waals surface area (Å²) in [5.74, 6) is 0. The van der Waals surface area contributed by atoms with Gasteiger partial charge in [-0.2, -0.15) is 0 Å². The van der Waals surface area contributed by atoms with Crippen molar-refractivity contribution in [1.82, 2.24) is 9.38 Å². The zero-order valence-corrected chi connectivity index (χ0v) is 13.6. The lowest BCUT2D eigenvalue weighted by Gasteiger charge is -2.09. The van der Waals surface area contributed by atoms with Crippen molar-refractivity contribution in [3.63, 3.8) is 0 Å². The second-order valence-electron chi connectivity index (χ2n) is 6.17. The number of benzene rings is 3. The van der Waals surface area contributed by atoms with Gasteiger partial charge in [-0.1, -0.05) is 78.9 Å². The molecule has 0 saturated heterocycles. The fourth-order valence-electron chi connectivity index (χ4n) is 3.38. The molecular weight excluding hydrogens is 304 g/mol. The van der Waals surface area contributed by atoms with Crippen molar-refractivity contribution in [1.29, 1.82) is 0 Å². The molecule has 0 aliphatic carbocycles. The van der Waals surface area contributed by atoms with Crippen molar-refractivity contribution < 1.29 is 0 Å². The molecule has 118 valence electrons. The molecule has 25 heavy (non-hydrogen) atoms. The third kappa shape index (κ3) is 2.31. The molecule has 0 fully saturated rings. The Kier molecular flexibility index (Phi) is 3.14. The van der Waals surface area contributed by atoms with Gasteiger partial charge in [0.15, 0.2) is 0 Å². The fourth-order valence-corrected chi connectivity index (χ4v) is 3.38. The highest BCUT2D eigenvalue weighted by molar-refractivity contribution is 5.93. The highest BCUT2D eigenvalue weighted by Gasteiger charge is 2.12. The Morgan fingerprint density at radius 1 is 0.600 bits per heavy atom. The van der Waals surface area contributed by atoms with Gasteiger partial charge in [-0.05, 0) is 12.1 Å². The summed E-state index contributed by atoms with van der Waals surface area (Å²) in [5, 5.41) is 1.23. The van der Waals surface area contributed by atoms with Crippen molar-refractivity contribution in [3.05, 3.63) is 97.2 Å². The third-order valence-corrected chi connectivity index (χ3v) is 4.59. The molecule has 0 spiro atoms. The van der Waals surface area contributed by atoms with Crippen LogP contribution in [0.4, 0.5) is 0 Å². The minimum atomic E-state index is 0.980. The van der Waals surface area contributed by atoms with Gasteiger partial charge in [0.25, 0.3) is 0 Å². The average Bonchev–Trinajstić information content (AvgIpc) is 3.07. The predicted molar refractivity (Wildman–Crippen MR) is 104 cm³/mol. The van der Waals surface area contributed by atoms with Crippen LogP contribution < -0.4 is 0 Å². The second kappa shape index (κ2) is 5.60. The first-order valence-electron chi connectivity index (χ1n) is 8.42. The van der Waals surface area contributed by atoms with Crippen LogP contribution in [0.1, 0.15) is 0 Å². The molecule has 5 rings (SSSR count). The summed E-state index contributed by atoms with van der Waals surface area (Å²) in [6.45, 7) is 0. The minimum Gasteiger partial charge on any atom is -0.312 e. The predicted octanol–water partition coefficient (Wildman–Crippen LogP) is 5.82. The highest BCUT2D eigenvalue weighted by Crippen LogP contribution is 2.31. The molecule has 3 aromatic carbocycles. The van der Waals surface area contributed by atoms with E-state index in [-0.39, 0.29) is 0 Å². The molecule has 0 radical (unpaired) electrons. The van der Waals surface area contributed by atoms with E-state index in [0.717, 1.165) is 28.0 Å². The standard InChI is InChI=1S/C23H16N2/c1-3-9-17(10-4-1)20-16-25-21-14-8-7-13-19(21)15-22(25)23(24-20)18-11-5-2-6-12-18/h1-16H. The summed E-state index contributed by atoms with van der Waals surface area (Å²) in [4.78, 5) is 5.02. The van der Waals surface area contributed by atoms with Gasteiger partial charge in [-0.25, -0.2) is 4.98 Å². The maximum Gasteiger partial charge on any atom is 0.0950 e. The molecule has 0 aliphatic heterocycles. The van der Waals surface area contributed by atoms with Crippen LogP contribution in [0.3, 0.4) is 0 Å². The van der Waals surface area contributed by atoms with E-state index in [0.29, 0.717) is 0 Å². The Morgan fingerprint density at radius 2 is 1.24 bits per heavy atom. The molecule has 0 bridgehead atoms. The van der Waals surface area contributed by atoms with Crippen LogP contribution in [0.25, 0.3) is 38.9 Å². The number of hydrogen-bond donors (Lipinski definition) is 0. The molecular formula is C23H16N2. The van der Waals surface area contributed by atoms with Gasteiger partial charge in [0.2, 0.25) is 0 Å². The van der Waals surface area contributed by atoms with E-state index in [1.54, 1.807) is 0 Å². The Bertz CT molecular complexity index is 1170. The molecule has 2 aromatic heterocycles. The first-order valence-corrected chi connectivity index (χ1v) is 8.42. The van der Waals surface area contributed by atoms with Crippen molar-refractivity contribution in [2.24, 2.45) is 0 Å². The van der Waals surface area contributed by atoms with Crippen molar-refractivity contribution in [2.45, 2.75) is 0 Å². The quantitative estimate of drug-likeness (QED) is 0.400. The molecule has 2 nitrogen and oxygen atoms in total. The highest BCUT2D eigenvalue weighted by atomic mass is 14.9. The molecule has 0 saturated carbocycles. The average molecular weight is 320 g/mol. The lowest BCUT2D eigenvalue weighted by molar-refractivity contribution is 1.18. The Labute approximate surface area is 146 Å². The van der Waals surface area contributed by atoms with Crippen molar-refractivity contribution >= 4 is 16.4 Å². The number of para-hydroxylation sites is 1. The van der Waals surface area contributed by atoms with E-state index in [2.05, 4.69) is 89.5 Å². The van der Waals surface area contributed by atoms with Crippen LogP contribution in [0, 0.1) is 0 Å². The largest absolute Gasteiger partial charge is 0.312 e.